The number of pyridine rings is 2. The first kappa shape index (κ1) is 49.5. The number of fused-ring (bicyclic) bond motifs is 12. The summed E-state index contributed by atoms with van der Waals surface area (Å²) in [6.07, 6.45) is 7.99. The van der Waals surface area contributed by atoms with Crippen molar-refractivity contribution >= 4 is 111 Å². The minimum absolute atomic E-state index is 0. The normalized spacial score (nSPS) is 12.9. The fourth-order valence-corrected chi connectivity index (χ4v) is 8.58. The zero-order chi connectivity index (χ0) is 47.9. The molecule has 0 N–H and O–H groups in total. The zero-order valence-corrected chi connectivity index (χ0v) is 44.8. The topological polar surface area (TPSA) is 99.7 Å². The van der Waals surface area contributed by atoms with E-state index in [0.29, 0.717) is 0 Å². The first-order chi connectivity index (χ1) is 34.1. The van der Waals surface area contributed by atoms with Crippen molar-refractivity contribution in [3.8, 4) is 0 Å². The molecule has 368 valence electrons. The molecule has 0 unspecified atom stereocenters. The third kappa shape index (κ3) is 9.89. The van der Waals surface area contributed by atoms with Gasteiger partial charge < -0.3 is 58.2 Å². The van der Waals surface area contributed by atoms with Gasteiger partial charge in [0.15, 0.2) is 0 Å². The van der Waals surface area contributed by atoms with E-state index in [9.17, 15) is 0 Å². The molecule has 0 aliphatic carbocycles. The van der Waals surface area contributed by atoms with Crippen molar-refractivity contribution in [1.29, 1.82) is 0 Å². The van der Waals surface area contributed by atoms with Gasteiger partial charge in [-0.25, -0.2) is 0 Å². The smallest absolute Gasteiger partial charge is 0.120 e. The van der Waals surface area contributed by atoms with Crippen LogP contribution in [0.2, 0.25) is 0 Å². The number of para-hydroxylation sites is 4. The second kappa shape index (κ2) is 21.1. The maximum Gasteiger partial charge on any atom is 0.120 e. The molecule has 0 fully saturated rings. The van der Waals surface area contributed by atoms with Gasteiger partial charge in [-0.3, -0.25) is 0 Å². The van der Waals surface area contributed by atoms with E-state index in [2.05, 4.69) is 68.5 Å². The number of rotatable bonds is 4. The van der Waals surface area contributed by atoms with Crippen LogP contribution in [0.1, 0.15) is 0 Å². The summed E-state index contributed by atoms with van der Waals surface area (Å²) in [6.45, 7) is 4.00. The summed E-state index contributed by atoms with van der Waals surface area (Å²) >= 11 is 0. The molecule has 14 heteroatoms. The van der Waals surface area contributed by atoms with Gasteiger partial charge in [-0.2, -0.15) is 37.6 Å². The second-order valence-electron chi connectivity index (χ2n) is 17.5. The Balaban J connectivity index is 0.000000118. The van der Waals surface area contributed by atoms with E-state index in [0.717, 1.165) is 100.0 Å². The Kier molecular flexibility index (Phi) is 14.5. The molecule has 0 atom stereocenters. The van der Waals surface area contributed by atoms with Crippen molar-refractivity contribution in [2.24, 2.45) is 0 Å². The summed E-state index contributed by atoms with van der Waals surface area (Å²) in [6, 6.07) is 55.3. The molecule has 0 amide bonds. The molecule has 0 spiro atoms. The molecule has 0 saturated heterocycles. The zero-order valence-electron chi connectivity index (χ0n) is 40.2. The Morgan fingerprint density at radius 1 is 0.444 bits per heavy atom. The molecule has 8 heterocycles. The third-order valence-electron chi connectivity index (χ3n) is 12.2. The van der Waals surface area contributed by atoms with Crippen LogP contribution in [0.4, 0.5) is 23.0 Å². The van der Waals surface area contributed by atoms with Crippen molar-refractivity contribution in [1.82, 2.24) is 29.7 Å². The fraction of sp³-hybridized carbons (Fsp3) is 0.103. The average molecular weight is 1310 g/mol. The molecular formula is C58H48N10O2Pt2-6. The number of anilines is 4. The molecule has 0 bridgehead atoms. The van der Waals surface area contributed by atoms with Crippen molar-refractivity contribution in [3.05, 3.63) is 196 Å². The molecule has 2 aliphatic rings. The Morgan fingerprint density at radius 2 is 0.833 bits per heavy atom. The number of hydrogen-bond acceptors (Lipinski definition) is 10. The predicted molar refractivity (Wildman–Crippen MR) is 286 cm³/mol. The summed E-state index contributed by atoms with van der Waals surface area (Å²) in [5.74, 6) is 1.88. The number of aromatic nitrogens is 4. The minimum atomic E-state index is 0. The first-order valence-electron chi connectivity index (χ1n) is 22.9. The Bertz CT molecular complexity index is 3650. The maximum atomic E-state index is 5.88. The molecule has 72 heavy (non-hydrogen) atoms. The molecule has 2 aliphatic heterocycles. The van der Waals surface area contributed by atoms with Gasteiger partial charge >= 0.3 is 0 Å². The molecule has 0 saturated carbocycles. The van der Waals surface area contributed by atoms with Crippen LogP contribution >= 0.6 is 0 Å². The van der Waals surface area contributed by atoms with E-state index in [1.54, 1.807) is 0 Å². The van der Waals surface area contributed by atoms with Gasteiger partial charge in [0, 0.05) is 93.1 Å². The maximum absolute atomic E-state index is 5.88. The molecule has 6 aromatic heterocycles. The predicted octanol–water partition coefficient (Wildman–Crippen LogP) is 12.3. The van der Waals surface area contributed by atoms with E-state index in [1.807, 2.05) is 219 Å². The van der Waals surface area contributed by atoms with Gasteiger partial charge in [0.1, 0.15) is 11.2 Å². The van der Waals surface area contributed by atoms with Crippen molar-refractivity contribution in [2.45, 2.75) is 0 Å². The molecule has 14 rings (SSSR count). The molecule has 0 radical (unpaired) electrons. The van der Waals surface area contributed by atoms with Crippen LogP contribution in [0.25, 0.3) is 87.7 Å². The van der Waals surface area contributed by atoms with E-state index >= 15 is 0 Å². The van der Waals surface area contributed by atoms with E-state index in [-0.39, 0.29) is 42.1 Å². The Labute approximate surface area is 446 Å². The molecule has 6 aromatic carbocycles. The van der Waals surface area contributed by atoms with Crippen LogP contribution in [-0.4, -0.2) is 62.1 Å². The molecular weight excluding hydrogens is 1260 g/mol. The molecule has 12 aromatic rings. The van der Waals surface area contributed by atoms with E-state index in [4.69, 9.17) is 8.83 Å². The Morgan fingerprint density at radius 3 is 1.22 bits per heavy atom. The van der Waals surface area contributed by atoms with Gasteiger partial charge in [-0.1, -0.05) is 108 Å². The van der Waals surface area contributed by atoms with Gasteiger partial charge in [0.25, 0.3) is 0 Å². The monoisotopic (exact) mass is 1310 g/mol. The van der Waals surface area contributed by atoms with Crippen molar-refractivity contribution in [2.75, 3.05) is 61.9 Å². The third-order valence-corrected chi connectivity index (χ3v) is 12.2. The van der Waals surface area contributed by atoms with Crippen LogP contribution in [-0.2, 0) is 42.1 Å². The summed E-state index contributed by atoms with van der Waals surface area (Å²) in [4.78, 5) is 30.1. The number of furan rings is 2. The van der Waals surface area contributed by atoms with Gasteiger partial charge in [0.05, 0.1) is 0 Å². The summed E-state index contributed by atoms with van der Waals surface area (Å²) in [5, 5.41) is 9.09. The van der Waals surface area contributed by atoms with E-state index < -0.39 is 0 Å². The first-order valence-corrected chi connectivity index (χ1v) is 22.9. The van der Waals surface area contributed by atoms with E-state index in [1.165, 1.54) is 10.8 Å². The minimum Gasteiger partial charge on any atom is -0.510 e. The van der Waals surface area contributed by atoms with Crippen LogP contribution in [0, 0.1) is 25.5 Å². The van der Waals surface area contributed by atoms with Crippen LogP contribution in [0.15, 0.2) is 179 Å². The van der Waals surface area contributed by atoms with Crippen molar-refractivity contribution in [3.63, 3.8) is 0 Å². The average Bonchev–Trinajstić information content (AvgIpc) is 4.26. The van der Waals surface area contributed by atoms with Crippen LogP contribution < -0.4 is 29.6 Å². The summed E-state index contributed by atoms with van der Waals surface area (Å²) in [5.41, 5.74) is 9.26. The standard InChI is InChI=1S/2C16H12N2O.2C13H12N3.2Pt/c2*1-17-8-9-18(11-17)12-6-7-14-13-4-2-3-5-15(13)19-16(14)10-12;2*1-16(2)12-8-7-10-9-5-3-4-6-11(9)14-13(10)15-12;;/h2*2-5,7-11H,1H3;2*3-8H,1-2H3;;/q2*-2;2*-1;;. The number of hydrogen-bond donors (Lipinski definition) is 0. The molecule has 12 nitrogen and oxygen atoms in total. The number of nitrogens with zero attached hydrogens (tertiary/aromatic N) is 10. The number of benzene rings is 6. The summed E-state index contributed by atoms with van der Waals surface area (Å²) in [7, 11) is 11.9. The fourth-order valence-electron chi connectivity index (χ4n) is 8.58. The van der Waals surface area contributed by atoms with Gasteiger partial charge in [0.2, 0.25) is 0 Å². The van der Waals surface area contributed by atoms with Crippen LogP contribution in [0.3, 0.4) is 0 Å². The Hall–Kier alpha value is -7.52. The van der Waals surface area contributed by atoms with Crippen LogP contribution in [0.5, 0.6) is 0 Å². The SMILES string of the molecule is CN(C)c1ccc2c(n1)[n-]c1ccccc12.CN(C)c1ccc2c(n1)[n-]c1ccccc12.CN1C=CN(c2[c-]cc3c(c2)oc2ccccc23)[CH-]1.CN1C=CN(c2[c-]cc3c(c2)oc2ccccc23)[CH-]1.[Pt].[Pt]. The van der Waals surface area contributed by atoms with Gasteiger partial charge in [-0.05, 0) is 118 Å². The second-order valence-corrected chi connectivity index (χ2v) is 17.5. The van der Waals surface area contributed by atoms with Gasteiger partial charge in [-0.15, -0.1) is 23.5 Å². The summed E-state index contributed by atoms with van der Waals surface area (Å²) < 4.78 is 11.8. The largest absolute Gasteiger partial charge is 0.510 e. The van der Waals surface area contributed by atoms with Crippen molar-refractivity contribution < 1.29 is 51.0 Å². The quantitative estimate of drug-likeness (QED) is 0.157.